The van der Waals surface area contributed by atoms with Gasteiger partial charge in [-0.2, -0.15) is 0 Å². The van der Waals surface area contributed by atoms with Gasteiger partial charge in [-0.3, -0.25) is 0 Å². The van der Waals surface area contributed by atoms with Crippen LogP contribution in [-0.4, -0.2) is 38.1 Å². The zero-order chi connectivity index (χ0) is 42.2. The van der Waals surface area contributed by atoms with Gasteiger partial charge in [0.15, 0.2) is 0 Å². The first-order valence-corrected chi connectivity index (χ1v) is 25.5. The Kier molecular flexibility index (Phi) is 41.9. The second-order valence-corrected chi connectivity index (χ2v) is 17.7. The quantitative estimate of drug-likeness (QED) is 0.0212. The van der Waals surface area contributed by atoms with E-state index in [1.807, 2.05) is 0 Å². The van der Waals surface area contributed by atoms with Gasteiger partial charge >= 0.3 is 63.3 Å². The van der Waals surface area contributed by atoms with E-state index in [0.717, 1.165) is 76.7 Å². The van der Waals surface area contributed by atoms with Crippen molar-refractivity contribution in [1.82, 2.24) is 0 Å². The van der Waals surface area contributed by atoms with Gasteiger partial charge in [0, 0.05) is 0 Å². The van der Waals surface area contributed by atoms with Gasteiger partial charge in [-0.25, -0.2) is 18.0 Å². The molecule has 0 atom stereocenters. The summed E-state index contributed by atoms with van der Waals surface area (Å²) in [7, 11) is -5.02. The number of carbonyl (C=O) groups is 2. The molecule has 0 radical (unpaired) electrons. The molecular formula is C50H85KO7S. The Morgan fingerprint density at radius 3 is 1.12 bits per heavy atom. The molecule has 9 heteroatoms. The summed E-state index contributed by atoms with van der Waals surface area (Å²) in [6, 6.07) is 3.62. The van der Waals surface area contributed by atoms with Crippen molar-refractivity contribution in [2.24, 2.45) is 0 Å². The molecule has 1 aromatic carbocycles. The first-order chi connectivity index (χ1) is 28.3. The predicted octanol–water partition coefficient (Wildman–Crippen LogP) is 12.3. The Bertz CT molecular complexity index is 1310. The van der Waals surface area contributed by atoms with Crippen LogP contribution < -0.4 is 51.4 Å². The predicted molar refractivity (Wildman–Crippen MR) is 242 cm³/mol. The average Bonchev–Trinajstić information content (AvgIpc) is 3.21. The SMILES string of the molecule is CCCCCCCCCCCC/C=C/CCCCCCCOC(=O)c1cccc(S(=O)(=O)[O-])c1C(=O)OCCCCCCC/C=C/CCCCCCCCCCCC.[K+]. The summed E-state index contributed by atoms with van der Waals surface area (Å²) in [6.07, 6.45) is 50.4. The fourth-order valence-corrected chi connectivity index (χ4v) is 8.05. The van der Waals surface area contributed by atoms with Crippen molar-refractivity contribution in [3.8, 4) is 0 Å². The van der Waals surface area contributed by atoms with Gasteiger partial charge in [-0.1, -0.05) is 198 Å². The smallest absolute Gasteiger partial charge is 0.744 e. The summed E-state index contributed by atoms with van der Waals surface area (Å²) in [5.74, 6) is -1.82. The molecule has 7 nitrogen and oxygen atoms in total. The fourth-order valence-electron chi connectivity index (χ4n) is 7.36. The van der Waals surface area contributed by atoms with Crippen LogP contribution in [0.15, 0.2) is 47.4 Å². The maximum absolute atomic E-state index is 13.0. The third kappa shape index (κ3) is 34.4. The van der Waals surface area contributed by atoms with Crippen molar-refractivity contribution in [2.45, 2.75) is 237 Å². The zero-order valence-corrected chi connectivity index (χ0v) is 42.2. The number of rotatable bonds is 41. The molecule has 334 valence electrons. The molecule has 0 spiro atoms. The van der Waals surface area contributed by atoms with Crippen LogP contribution >= 0.6 is 0 Å². The molecule has 1 aromatic rings. The molecule has 0 aliphatic rings. The second-order valence-electron chi connectivity index (χ2n) is 16.4. The van der Waals surface area contributed by atoms with Crippen LogP contribution in [0.4, 0.5) is 0 Å². The van der Waals surface area contributed by atoms with E-state index in [9.17, 15) is 22.6 Å². The van der Waals surface area contributed by atoms with E-state index in [1.54, 1.807) is 0 Å². The Labute approximate surface area is 405 Å². The van der Waals surface area contributed by atoms with E-state index >= 15 is 0 Å². The van der Waals surface area contributed by atoms with Gasteiger partial charge < -0.3 is 14.0 Å². The maximum Gasteiger partial charge on any atom is 1.00 e. The van der Waals surface area contributed by atoms with E-state index in [-0.39, 0.29) is 70.2 Å². The second kappa shape index (κ2) is 42.5. The largest absolute Gasteiger partial charge is 1.00 e. The zero-order valence-electron chi connectivity index (χ0n) is 38.3. The van der Waals surface area contributed by atoms with Gasteiger partial charge in [-0.05, 0) is 76.3 Å². The van der Waals surface area contributed by atoms with E-state index in [4.69, 9.17) is 9.47 Å². The molecule has 0 aliphatic carbocycles. The topological polar surface area (TPSA) is 110 Å². The molecular weight excluding hydrogens is 784 g/mol. The summed E-state index contributed by atoms with van der Waals surface area (Å²) in [5.41, 5.74) is -0.791. The molecule has 0 bridgehead atoms. The van der Waals surface area contributed by atoms with Gasteiger partial charge in [0.05, 0.1) is 29.2 Å². The Balaban J connectivity index is 0.0000336. The number of carbonyl (C=O) groups excluding carboxylic acids is 2. The Morgan fingerprint density at radius 1 is 0.475 bits per heavy atom. The van der Waals surface area contributed by atoms with Crippen molar-refractivity contribution in [3.05, 3.63) is 53.6 Å². The fraction of sp³-hybridized carbons (Fsp3) is 0.760. The van der Waals surface area contributed by atoms with Crippen LogP contribution in [-0.2, 0) is 19.6 Å². The van der Waals surface area contributed by atoms with Crippen LogP contribution in [0.5, 0.6) is 0 Å². The molecule has 0 amide bonds. The van der Waals surface area contributed by atoms with Crippen molar-refractivity contribution in [3.63, 3.8) is 0 Å². The summed E-state index contributed by atoms with van der Waals surface area (Å²) in [5, 5.41) is 0. The Hall–Kier alpha value is -0.814. The number of allylic oxidation sites excluding steroid dienone is 4. The van der Waals surface area contributed by atoms with E-state index in [1.165, 1.54) is 147 Å². The van der Waals surface area contributed by atoms with Gasteiger partial charge in [0.1, 0.15) is 10.1 Å². The summed E-state index contributed by atoms with van der Waals surface area (Å²) >= 11 is 0. The van der Waals surface area contributed by atoms with Crippen molar-refractivity contribution in [2.75, 3.05) is 13.2 Å². The minimum Gasteiger partial charge on any atom is -0.744 e. The first kappa shape index (κ1) is 58.2. The molecule has 59 heavy (non-hydrogen) atoms. The van der Waals surface area contributed by atoms with Crippen molar-refractivity contribution in [1.29, 1.82) is 0 Å². The van der Waals surface area contributed by atoms with Crippen molar-refractivity contribution < 1.29 is 83.4 Å². The normalized spacial score (nSPS) is 11.7. The molecule has 0 aromatic heterocycles. The molecule has 0 heterocycles. The van der Waals surface area contributed by atoms with Gasteiger partial charge in [0.2, 0.25) is 0 Å². The average molecular weight is 869 g/mol. The third-order valence-electron chi connectivity index (χ3n) is 11.0. The number of benzene rings is 1. The summed E-state index contributed by atoms with van der Waals surface area (Å²) in [6.45, 7) is 4.75. The minimum atomic E-state index is -5.02. The number of ether oxygens (including phenoxy) is 2. The summed E-state index contributed by atoms with van der Waals surface area (Å²) < 4.78 is 46.8. The van der Waals surface area contributed by atoms with Crippen LogP contribution in [0.2, 0.25) is 0 Å². The summed E-state index contributed by atoms with van der Waals surface area (Å²) in [4.78, 5) is 25.2. The van der Waals surface area contributed by atoms with E-state index in [2.05, 4.69) is 38.2 Å². The van der Waals surface area contributed by atoms with Crippen molar-refractivity contribution >= 4 is 22.1 Å². The molecule has 1 rings (SSSR count). The van der Waals surface area contributed by atoms with E-state index in [0.29, 0.717) is 12.8 Å². The van der Waals surface area contributed by atoms with Gasteiger partial charge in [0.25, 0.3) is 0 Å². The molecule has 0 aliphatic heterocycles. The maximum atomic E-state index is 13.0. The molecule has 0 saturated heterocycles. The number of hydrogen-bond acceptors (Lipinski definition) is 7. The monoisotopic (exact) mass is 869 g/mol. The van der Waals surface area contributed by atoms with Gasteiger partial charge in [-0.15, -0.1) is 0 Å². The molecule has 0 unspecified atom stereocenters. The van der Waals surface area contributed by atoms with Crippen LogP contribution in [0, 0.1) is 0 Å². The first-order valence-electron chi connectivity index (χ1n) is 24.1. The number of hydrogen-bond donors (Lipinski definition) is 0. The molecule has 0 fully saturated rings. The molecule has 0 N–H and O–H groups in total. The number of unbranched alkanes of at least 4 members (excludes halogenated alkanes) is 30. The number of esters is 2. The minimum absolute atomic E-state index is 0. The standard InChI is InChI=1S/C50H86O7S.K/c1-3-5-7-9-11-13-15-17-19-21-23-25-27-29-31-33-35-37-39-44-56-49(51)46-42-41-43-47(58(53,54)55)48(46)50(52)57-45-40-38-36-34-32-30-28-26-24-22-20-18-16-14-12-10-8-6-4-2;/h25-28,41-43H,3-24,29-40,44-45H2,1-2H3,(H,53,54,55);/q;+1/p-1/b27-25+,28-26+;. The Morgan fingerprint density at radius 2 is 0.780 bits per heavy atom. The van der Waals surface area contributed by atoms with Crippen LogP contribution in [0.25, 0.3) is 0 Å². The van der Waals surface area contributed by atoms with Crippen LogP contribution in [0.3, 0.4) is 0 Å². The van der Waals surface area contributed by atoms with E-state index < -0.39 is 32.5 Å². The molecule has 0 saturated carbocycles. The third-order valence-corrected chi connectivity index (χ3v) is 11.9. The van der Waals surface area contributed by atoms with Crippen LogP contribution in [0.1, 0.15) is 253 Å².